The average Bonchev–Trinajstić information content (AvgIpc) is 2.41. The second-order valence-electron chi connectivity index (χ2n) is 4.34. The summed E-state index contributed by atoms with van der Waals surface area (Å²) in [6.07, 6.45) is 3.63. The van der Waals surface area contributed by atoms with Crippen LogP contribution < -0.4 is 10.6 Å². The molecule has 0 spiro atoms. The number of hydrogen-bond acceptors (Lipinski definition) is 6. The van der Waals surface area contributed by atoms with Gasteiger partial charge in [0.2, 0.25) is 0 Å². The van der Waals surface area contributed by atoms with Crippen molar-refractivity contribution in [3.63, 3.8) is 0 Å². The van der Waals surface area contributed by atoms with E-state index in [1.807, 2.05) is 0 Å². The highest BCUT2D eigenvalue weighted by molar-refractivity contribution is 7.90. The number of aromatic nitrogens is 2. The molecule has 9 nitrogen and oxygen atoms in total. The maximum Gasteiger partial charge on any atom is 0.326 e. The summed E-state index contributed by atoms with van der Waals surface area (Å²) in [5, 5.41) is 13.6. The Morgan fingerprint density at radius 3 is 2.67 bits per heavy atom. The van der Waals surface area contributed by atoms with E-state index in [4.69, 9.17) is 5.11 Å². The van der Waals surface area contributed by atoms with E-state index in [2.05, 4.69) is 20.6 Å². The van der Waals surface area contributed by atoms with Crippen LogP contribution in [0.5, 0.6) is 0 Å². The van der Waals surface area contributed by atoms with Crippen LogP contribution in [0.15, 0.2) is 18.6 Å². The number of carboxylic acids is 1. The molecule has 3 N–H and O–H groups in total. The van der Waals surface area contributed by atoms with Crippen molar-refractivity contribution in [1.29, 1.82) is 0 Å². The summed E-state index contributed by atoms with van der Waals surface area (Å²) in [5.41, 5.74) is 0.558. The fraction of sp³-hybridized carbons (Fsp3) is 0.455. The molecular weight excluding hydrogens is 300 g/mol. The van der Waals surface area contributed by atoms with Crippen LogP contribution in [0.2, 0.25) is 0 Å². The predicted molar refractivity (Wildman–Crippen MR) is 73.2 cm³/mol. The number of nitrogens with zero attached hydrogens (tertiary/aromatic N) is 2. The molecule has 1 atom stereocenters. The largest absolute Gasteiger partial charge is 0.480 e. The molecule has 1 unspecified atom stereocenters. The Labute approximate surface area is 121 Å². The number of nitrogens with one attached hydrogen (secondary N) is 2. The van der Waals surface area contributed by atoms with E-state index in [0.717, 1.165) is 6.26 Å². The van der Waals surface area contributed by atoms with Crippen LogP contribution in [0.1, 0.15) is 12.1 Å². The molecule has 10 heteroatoms. The van der Waals surface area contributed by atoms with Crippen molar-refractivity contribution in [2.24, 2.45) is 0 Å². The summed E-state index contributed by atoms with van der Waals surface area (Å²) >= 11 is 0. The highest BCUT2D eigenvalue weighted by atomic mass is 32.2. The highest BCUT2D eigenvalue weighted by Crippen LogP contribution is 1.97. The van der Waals surface area contributed by atoms with Crippen molar-refractivity contribution < 1.29 is 23.1 Å². The van der Waals surface area contributed by atoms with Crippen LogP contribution in [0.4, 0.5) is 4.79 Å². The van der Waals surface area contributed by atoms with Crippen LogP contribution >= 0.6 is 0 Å². The van der Waals surface area contributed by atoms with Gasteiger partial charge in [0, 0.05) is 12.5 Å². The Kier molecular flexibility index (Phi) is 6.03. The van der Waals surface area contributed by atoms with Gasteiger partial charge in [0.15, 0.2) is 0 Å². The predicted octanol–water partition coefficient (Wildman–Crippen LogP) is -0.836. The fourth-order valence-electron chi connectivity index (χ4n) is 1.39. The third kappa shape index (κ3) is 7.20. The number of hydrogen-bond donors (Lipinski definition) is 3. The summed E-state index contributed by atoms with van der Waals surface area (Å²) in [7, 11) is -3.30. The van der Waals surface area contributed by atoms with E-state index in [1.165, 1.54) is 12.5 Å². The van der Waals surface area contributed by atoms with E-state index in [0.29, 0.717) is 5.69 Å². The van der Waals surface area contributed by atoms with Gasteiger partial charge >= 0.3 is 12.0 Å². The van der Waals surface area contributed by atoms with E-state index < -0.39 is 27.9 Å². The smallest absolute Gasteiger partial charge is 0.326 e. The monoisotopic (exact) mass is 316 g/mol. The third-order valence-corrected chi connectivity index (χ3v) is 3.43. The van der Waals surface area contributed by atoms with Gasteiger partial charge in [-0.15, -0.1) is 0 Å². The molecule has 116 valence electrons. The number of sulfone groups is 1. The molecule has 0 radical (unpaired) electrons. The molecule has 0 aliphatic heterocycles. The molecule has 0 aliphatic carbocycles. The minimum absolute atomic E-state index is 0.104. The van der Waals surface area contributed by atoms with Crippen molar-refractivity contribution in [2.45, 2.75) is 19.0 Å². The molecule has 0 fully saturated rings. The Morgan fingerprint density at radius 1 is 1.43 bits per heavy atom. The minimum atomic E-state index is -3.30. The molecule has 1 aromatic heterocycles. The SMILES string of the molecule is CS(=O)(=O)CCC(NC(=O)NCc1ccncn1)C(=O)O. The normalized spacial score (nSPS) is 12.4. The number of urea groups is 1. The summed E-state index contributed by atoms with van der Waals surface area (Å²) in [6.45, 7) is 0.104. The Bertz CT molecular complexity index is 590. The van der Waals surface area contributed by atoms with Crippen molar-refractivity contribution in [3.8, 4) is 0 Å². The van der Waals surface area contributed by atoms with Gasteiger partial charge in [-0.1, -0.05) is 0 Å². The maximum atomic E-state index is 11.6. The number of aliphatic carboxylic acids is 1. The quantitative estimate of drug-likeness (QED) is 0.596. The van der Waals surface area contributed by atoms with Gasteiger partial charge in [0.05, 0.1) is 18.0 Å². The first-order chi connectivity index (χ1) is 9.78. The van der Waals surface area contributed by atoms with Gasteiger partial charge in [-0.3, -0.25) is 0 Å². The summed E-state index contributed by atoms with van der Waals surface area (Å²) < 4.78 is 22.0. The lowest BCUT2D eigenvalue weighted by atomic mass is 10.2. The molecule has 0 bridgehead atoms. The van der Waals surface area contributed by atoms with E-state index in [-0.39, 0.29) is 18.7 Å². The van der Waals surface area contributed by atoms with E-state index >= 15 is 0 Å². The summed E-state index contributed by atoms with van der Waals surface area (Å²) in [6, 6.07) is -0.391. The van der Waals surface area contributed by atoms with Crippen LogP contribution in [0.25, 0.3) is 0 Å². The summed E-state index contributed by atoms with van der Waals surface area (Å²) in [5.74, 6) is -1.62. The molecule has 1 heterocycles. The number of amides is 2. The minimum Gasteiger partial charge on any atom is -0.480 e. The lowest BCUT2D eigenvalue weighted by Crippen LogP contribution is -2.46. The zero-order valence-electron chi connectivity index (χ0n) is 11.3. The van der Waals surface area contributed by atoms with Gasteiger partial charge in [0.25, 0.3) is 0 Å². The zero-order chi connectivity index (χ0) is 15.9. The lowest BCUT2D eigenvalue weighted by Gasteiger charge is -2.14. The summed E-state index contributed by atoms with van der Waals surface area (Å²) in [4.78, 5) is 30.1. The first kappa shape index (κ1) is 16.8. The van der Waals surface area contributed by atoms with E-state index in [1.54, 1.807) is 6.07 Å². The third-order valence-electron chi connectivity index (χ3n) is 2.45. The van der Waals surface area contributed by atoms with Crippen LogP contribution in [0.3, 0.4) is 0 Å². The molecule has 0 saturated heterocycles. The van der Waals surface area contributed by atoms with E-state index in [9.17, 15) is 18.0 Å². The number of carbonyl (C=O) groups is 2. The van der Waals surface area contributed by atoms with Crippen molar-refractivity contribution in [1.82, 2.24) is 20.6 Å². The van der Waals surface area contributed by atoms with Gasteiger partial charge < -0.3 is 15.7 Å². The van der Waals surface area contributed by atoms with Crippen LogP contribution in [0, 0.1) is 0 Å². The second-order valence-corrected chi connectivity index (χ2v) is 6.60. The highest BCUT2D eigenvalue weighted by Gasteiger charge is 2.21. The molecular formula is C11H16N4O5S. The number of rotatable bonds is 7. The number of carbonyl (C=O) groups excluding carboxylic acids is 1. The van der Waals surface area contributed by atoms with Gasteiger partial charge in [0.1, 0.15) is 22.2 Å². The van der Waals surface area contributed by atoms with Gasteiger partial charge in [-0.2, -0.15) is 0 Å². The van der Waals surface area contributed by atoms with Gasteiger partial charge in [-0.25, -0.2) is 28.0 Å². The van der Waals surface area contributed by atoms with Gasteiger partial charge in [-0.05, 0) is 12.5 Å². The molecule has 21 heavy (non-hydrogen) atoms. The Hall–Kier alpha value is -2.23. The van der Waals surface area contributed by atoms with Crippen LogP contribution in [-0.4, -0.2) is 53.5 Å². The van der Waals surface area contributed by atoms with Crippen molar-refractivity contribution >= 4 is 21.8 Å². The molecule has 0 aliphatic rings. The van der Waals surface area contributed by atoms with Crippen molar-refractivity contribution in [2.75, 3.05) is 12.0 Å². The van der Waals surface area contributed by atoms with Crippen molar-refractivity contribution in [3.05, 3.63) is 24.3 Å². The first-order valence-corrected chi connectivity index (χ1v) is 8.04. The number of carboxylic acid groups (broad SMARTS) is 1. The average molecular weight is 316 g/mol. The molecule has 0 saturated carbocycles. The zero-order valence-corrected chi connectivity index (χ0v) is 12.1. The second kappa shape index (κ2) is 7.53. The molecule has 2 amide bonds. The Morgan fingerprint density at radius 2 is 2.14 bits per heavy atom. The first-order valence-electron chi connectivity index (χ1n) is 5.98. The molecule has 1 aromatic rings. The fourth-order valence-corrected chi connectivity index (χ4v) is 2.06. The maximum absolute atomic E-state index is 11.6. The standard InChI is InChI=1S/C11H16N4O5S/c1-21(19,20)5-3-9(10(16)17)15-11(18)13-6-8-2-4-12-7-14-8/h2,4,7,9H,3,5-6H2,1H3,(H,16,17)(H2,13,15,18). The molecule has 0 aromatic carbocycles. The van der Waals surface area contributed by atoms with Crippen LogP contribution in [-0.2, 0) is 21.2 Å². The topological polar surface area (TPSA) is 138 Å². The lowest BCUT2D eigenvalue weighted by molar-refractivity contribution is -0.139. The molecule has 1 rings (SSSR count). The Balaban J connectivity index is 2.47.